The first-order valence-corrected chi connectivity index (χ1v) is 9.10. The molecule has 1 aromatic carbocycles. The number of benzene rings is 1. The fraction of sp³-hybridized carbons (Fsp3) is 0.533. The predicted molar refractivity (Wildman–Crippen MR) is 82.7 cm³/mol. The van der Waals surface area contributed by atoms with Crippen LogP contribution in [0.5, 0.6) is 5.75 Å². The lowest BCUT2D eigenvalue weighted by molar-refractivity contribution is 0.0172. The van der Waals surface area contributed by atoms with Crippen molar-refractivity contribution in [2.24, 2.45) is 0 Å². The van der Waals surface area contributed by atoms with Crippen LogP contribution in [0, 0.1) is 11.6 Å². The van der Waals surface area contributed by atoms with Crippen LogP contribution in [0.25, 0.3) is 0 Å². The molecule has 2 heterocycles. The van der Waals surface area contributed by atoms with Gasteiger partial charge >= 0.3 is 6.09 Å². The molecule has 0 radical (unpaired) electrons. The molecule has 0 aliphatic carbocycles. The third kappa shape index (κ3) is 2.93. The first-order valence-electron chi connectivity index (χ1n) is 7.66. The molecular formula is C15H18F2N2O5S. The molecule has 0 aromatic heterocycles. The summed E-state index contributed by atoms with van der Waals surface area (Å²) in [6.45, 7) is 0.433. The molecule has 2 aliphatic heterocycles. The van der Waals surface area contributed by atoms with E-state index in [1.54, 1.807) is 7.05 Å². The molecule has 3 rings (SSSR count). The largest absolute Gasteiger partial charge is 0.492 e. The Morgan fingerprint density at radius 1 is 1.20 bits per heavy atom. The zero-order valence-electron chi connectivity index (χ0n) is 13.8. The molecule has 138 valence electrons. The van der Waals surface area contributed by atoms with Gasteiger partial charge in [-0.25, -0.2) is 22.0 Å². The zero-order valence-corrected chi connectivity index (χ0v) is 14.6. The van der Waals surface area contributed by atoms with Crippen LogP contribution >= 0.6 is 0 Å². The van der Waals surface area contributed by atoms with Gasteiger partial charge in [-0.05, 0) is 12.1 Å². The van der Waals surface area contributed by atoms with E-state index in [0.29, 0.717) is 6.54 Å². The van der Waals surface area contributed by atoms with Gasteiger partial charge in [-0.2, -0.15) is 4.31 Å². The van der Waals surface area contributed by atoms with Crippen LogP contribution < -0.4 is 4.74 Å². The Morgan fingerprint density at radius 3 is 2.32 bits per heavy atom. The minimum atomic E-state index is -4.29. The molecule has 2 aliphatic rings. The van der Waals surface area contributed by atoms with Crippen molar-refractivity contribution >= 4 is 16.1 Å². The molecule has 7 nitrogen and oxygen atoms in total. The van der Waals surface area contributed by atoms with Crippen molar-refractivity contribution in [1.29, 1.82) is 0 Å². The number of ether oxygens (including phenoxy) is 2. The first kappa shape index (κ1) is 17.9. The summed E-state index contributed by atoms with van der Waals surface area (Å²) in [7, 11) is -1.61. The number of methoxy groups -OCH3 is 1. The van der Waals surface area contributed by atoms with Crippen molar-refractivity contribution in [3.8, 4) is 5.75 Å². The van der Waals surface area contributed by atoms with E-state index in [9.17, 15) is 22.0 Å². The number of carbonyl (C=O) groups is 1. The van der Waals surface area contributed by atoms with Crippen LogP contribution in [-0.2, 0) is 14.8 Å². The van der Waals surface area contributed by atoms with E-state index in [1.165, 1.54) is 4.90 Å². The molecule has 10 heteroatoms. The SMILES string of the molecule is COc1c(F)ccc(F)c1S(=O)(=O)N1CCC2(CC1)CN(C)C(=O)O2. The Labute approximate surface area is 144 Å². The van der Waals surface area contributed by atoms with Gasteiger partial charge in [0.05, 0.1) is 13.7 Å². The number of hydrogen-bond acceptors (Lipinski definition) is 5. The second kappa shape index (κ2) is 6.10. The zero-order chi connectivity index (χ0) is 18.4. The average molecular weight is 376 g/mol. The maximum Gasteiger partial charge on any atom is 0.410 e. The molecule has 2 fully saturated rings. The van der Waals surface area contributed by atoms with E-state index in [2.05, 4.69) is 0 Å². The average Bonchev–Trinajstić information content (AvgIpc) is 2.83. The van der Waals surface area contributed by atoms with Gasteiger partial charge in [0.25, 0.3) is 0 Å². The molecule has 0 unspecified atom stereocenters. The van der Waals surface area contributed by atoms with Gasteiger partial charge in [0.1, 0.15) is 11.4 Å². The van der Waals surface area contributed by atoms with Crippen molar-refractivity contribution < 1.29 is 31.5 Å². The first-order chi connectivity index (χ1) is 11.7. The quantitative estimate of drug-likeness (QED) is 0.801. The van der Waals surface area contributed by atoms with Gasteiger partial charge in [-0.15, -0.1) is 0 Å². The monoisotopic (exact) mass is 376 g/mol. The highest BCUT2D eigenvalue weighted by atomic mass is 32.2. The summed E-state index contributed by atoms with van der Waals surface area (Å²) in [6.07, 6.45) is 0.109. The van der Waals surface area contributed by atoms with Crippen LogP contribution in [0.2, 0.25) is 0 Å². The van der Waals surface area contributed by atoms with Gasteiger partial charge in [0, 0.05) is 33.0 Å². The van der Waals surface area contributed by atoms with Crippen LogP contribution in [-0.4, -0.2) is 63.1 Å². The van der Waals surface area contributed by atoms with Crippen molar-refractivity contribution in [3.05, 3.63) is 23.8 Å². The number of halogens is 2. The highest BCUT2D eigenvalue weighted by Gasteiger charge is 2.48. The summed E-state index contributed by atoms with van der Waals surface area (Å²) in [5.41, 5.74) is -0.734. The number of piperidine rings is 1. The standard InChI is InChI=1S/C15H18F2N2O5S/c1-18-9-15(24-14(18)20)5-7-19(8-6-15)25(21,22)13-11(17)4-3-10(16)12(13)23-2/h3-4H,5-9H2,1-2H3. The lowest BCUT2D eigenvalue weighted by Gasteiger charge is -2.36. The lowest BCUT2D eigenvalue weighted by atomic mass is 9.92. The Hall–Kier alpha value is -1.94. The smallest absolute Gasteiger partial charge is 0.410 e. The summed E-state index contributed by atoms with van der Waals surface area (Å²) >= 11 is 0. The number of hydrogen-bond donors (Lipinski definition) is 0. The summed E-state index contributed by atoms with van der Waals surface area (Å²) in [6, 6.07) is 1.57. The number of nitrogens with zero attached hydrogens (tertiary/aromatic N) is 2. The minimum Gasteiger partial charge on any atom is -0.492 e. The third-order valence-electron chi connectivity index (χ3n) is 4.59. The second-order valence-corrected chi connectivity index (χ2v) is 8.08. The van der Waals surface area contributed by atoms with Crippen LogP contribution in [0.4, 0.5) is 13.6 Å². The topological polar surface area (TPSA) is 76.2 Å². The summed E-state index contributed by atoms with van der Waals surface area (Å²) in [5.74, 6) is -2.68. The number of likely N-dealkylation sites (N-methyl/N-ethyl adjacent to an activating group) is 1. The fourth-order valence-electron chi connectivity index (χ4n) is 3.26. The van der Waals surface area contributed by atoms with E-state index in [0.717, 1.165) is 23.5 Å². The molecule has 25 heavy (non-hydrogen) atoms. The van der Waals surface area contributed by atoms with Crippen molar-refractivity contribution in [1.82, 2.24) is 9.21 Å². The number of amides is 1. The number of rotatable bonds is 3. The summed E-state index contributed by atoms with van der Waals surface area (Å²) in [5, 5.41) is 0. The fourth-order valence-corrected chi connectivity index (χ4v) is 4.91. The molecule has 0 atom stereocenters. The van der Waals surface area contributed by atoms with E-state index in [-0.39, 0.29) is 25.9 Å². The number of sulfonamides is 1. The van der Waals surface area contributed by atoms with Crippen molar-refractivity contribution in [3.63, 3.8) is 0 Å². The maximum absolute atomic E-state index is 14.1. The van der Waals surface area contributed by atoms with E-state index < -0.39 is 44.0 Å². The minimum absolute atomic E-state index is 0.0303. The molecular weight excluding hydrogens is 358 g/mol. The Morgan fingerprint density at radius 2 is 1.80 bits per heavy atom. The van der Waals surface area contributed by atoms with E-state index in [1.807, 2.05) is 0 Å². The lowest BCUT2D eigenvalue weighted by Crippen LogP contribution is -2.48. The molecule has 1 spiro atoms. The molecule has 1 amide bonds. The molecule has 0 saturated carbocycles. The molecule has 0 bridgehead atoms. The van der Waals surface area contributed by atoms with Gasteiger partial charge in [-0.3, -0.25) is 0 Å². The van der Waals surface area contributed by atoms with Crippen LogP contribution in [0.15, 0.2) is 17.0 Å². The van der Waals surface area contributed by atoms with Crippen LogP contribution in [0.3, 0.4) is 0 Å². The molecule has 2 saturated heterocycles. The maximum atomic E-state index is 14.1. The molecule has 1 aromatic rings. The summed E-state index contributed by atoms with van der Waals surface area (Å²) < 4.78 is 64.7. The van der Waals surface area contributed by atoms with Gasteiger partial charge in [-0.1, -0.05) is 0 Å². The highest BCUT2D eigenvalue weighted by molar-refractivity contribution is 7.89. The summed E-state index contributed by atoms with van der Waals surface area (Å²) in [4.78, 5) is 12.2. The Kier molecular flexibility index (Phi) is 4.36. The number of carbonyl (C=O) groups excluding carboxylic acids is 1. The van der Waals surface area contributed by atoms with Crippen molar-refractivity contribution in [2.75, 3.05) is 33.8 Å². The third-order valence-corrected chi connectivity index (χ3v) is 6.53. The van der Waals surface area contributed by atoms with E-state index in [4.69, 9.17) is 9.47 Å². The Balaban J connectivity index is 1.87. The molecule has 0 N–H and O–H groups in total. The van der Waals surface area contributed by atoms with Crippen molar-refractivity contribution in [2.45, 2.75) is 23.3 Å². The van der Waals surface area contributed by atoms with E-state index >= 15 is 0 Å². The highest BCUT2D eigenvalue weighted by Crippen LogP contribution is 2.37. The van der Waals surface area contributed by atoms with Crippen LogP contribution in [0.1, 0.15) is 12.8 Å². The second-order valence-electron chi connectivity index (χ2n) is 6.20. The normalized spacial score (nSPS) is 20.8. The van der Waals surface area contributed by atoms with Gasteiger partial charge in [0.2, 0.25) is 10.0 Å². The predicted octanol–water partition coefficient (Wildman–Crippen LogP) is 1.58. The Bertz CT molecular complexity index is 806. The van der Waals surface area contributed by atoms with Gasteiger partial charge in [0.15, 0.2) is 16.5 Å². The van der Waals surface area contributed by atoms with Gasteiger partial charge < -0.3 is 14.4 Å².